The SMILES string of the molecule is CCSCc1ccnc(NC(=O)N(C)Cc2ccco2)c1. The molecule has 0 saturated heterocycles. The summed E-state index contributed by atoms with van der Waals surface area (Å²) in [7, 11) is 1.72. The van der Waals surface area contributed by atoms with Crippen LogP contribution in [0.1, 0.15) is 18.2 Å². The van der Waals surface area contributed by atoms with E-state index in [4.69, 9.17) is 4.42 Å². The number of anilines is 1. The van der Waals surface area contributed by atoms with E-state index < -0.39 is 0 Å². The second kappa shape index (κ2) is 7.73. The molecule has 0 aliphatic carbocycles. The molecule has 0 saturated carbocycles. The van der Waals surface area contributed by atoms with Crippen molar-refractivity contribution >= 4 is 23.6 Å². The predicted molar refractivity (Wildman–Crippen MR) is 85.3 cm³/mol. The summed E-state index contributed by atoms with van der Waals surface area (Å²) in [4.78, 5) is 17.8. The van der Waals surface area contributed by atoms with E-state index in [1.54, 1.807) is 30.5 Å². The minimum atomic E-state index is -0.209. The number of thioether (sulfide) groups is 1. The summed E-state index contributed by atoms with van der Waals surface area (Å²) in [5.41, 5.74) is 1.15. The zero-order valence-corrected chi connectivity index (χ0v) is 13.0. The standard InChI is InChI=1S/C15H19N3O2S/c1-3-21-11-12-6-7-16-14(9-12)17-15(19)18(2)10-13-5-4-8-20-13/h4-9H,3,10-11H2,1-2H3,(H,16,17,19). The molecule has 6 heteroatoms. The van der Waals surface area contributed by atoms with Gasteiger partial charge in [-0.3, -0.25) is 5.32 Å². The molecule has 0 bridgehead atoms. The fraction of sp³-hybridized carbons (Fsp3) is 0.333. The van der Waals surface area contributed by atoms with Gasteiger partial charge in [0.1, 0.15) is 11.6 Å². The molecule has 0 aromatic carbocycles. The van der Waals surface area contributed by atoms with Crippen molar-refractivity contribution in [2.75, 3.05) is 18.1 Å². The number of urea groups is 1. The van der Waals surface area contributed by atoms with E-state index in [0.29, 0.717) is 12.4 Å². The van der Waals surface area contributed by atoms with E-state index in [1.165, 1.54) is 0 Å². The van der Waals surface area contributed by atoms with Gasteiger partial charge in [-0.15, -0.1) is 0 Å². The highest BCUT2D eigenvalue weighted by Gasteiger charge is 2.11. The number of hydrogen-bond donors (Lipinski definition) is 1. The van der Waals surface area contributed by atoms with Crippen LogP contribution in [-0.4, -0.2) is 28.7 Å². The van der Waals surface area contributed by atoms with Gasteiger partial charge >= 0.3 is 6.03 Å². The molecule has 5 nitrogen and oxygen atoms in total. The largest absolute Gasteiger partial charge is 0.467 e. The number of pyridine rings is 1. The Labute approximate surface area is 128 Å². The molecule has 0 fully saturated rings. The number of nitrogens with zero attached hydrogens (tertiary/aromatic N) is 2. The highest BCUT2D eigenvalue weighted by atomic mass is 32.2. The van der Waals surface area contributed by atoms with Crippen LogP contribution in [0.5, 0.6) is 0 Å². The molecular formula is C15H19N3O2S. The van der Waals surface area contributed by atoms with Crippen molar-refractivity contribution in [3.8, 4) is 0 Å². The molecule has 2 aromatic rings. The van der Waals surface area contributed by atoms with Gasteiger partial charge in [0, 0.05) is 19.0 Å². The maximum atomic E-state index is 12.1. The number of amides is 2. The molecule has 0 aliphatic heterocycles. The zero-order valence-electron chi connectivity index (χ0n) is 12.2. The normalized spacial score (nSPS) is 10.4. The van der Waals surface area contributed by atoms with Crippen molar-refractivity contribution in [3.05, 3.63) is 48.0 Å². The number of nitrogens with one attached hydrogen (secondary N) is 1. The van der Waals surface area contributed by atoms with Crippen LogP contribution in [0.25, 0.3) is 0 Å². The topological polar surface area (TPSA) is 58.4 Å². The first kappa shape index (κ1) is 15.4. The van der Waals surface area contributed by atoms with Gasteiger partial charge in [0.05, 0.1) is 12.8 Å². The molecule has 2 amide bonds. The summed E-state index contributed by atoms with van der Waals surface area (Å²) in [5, 5.41) is 2.80. The Morgan fingerprint density at radius 3 is 3.05 bits per heavy atom. The number of carbonyl (C=O) groups excluding carboxylic acids is 1. The van der Waals surface area contributed by atoms with Crippen molar-refractivity contribution in [1.29, 1.82) is 0 Å². The molecule has 2 heterocycles. The van der Waals surface area contributed by atoms with Gasteiger partial charge in [-0.1, -0.05) is 6.92 Å². The van der Waals surface area contributed by atoms with Crippen molar-refractivity contribution in [2.24, 2.45) is 0 Å². The lowest BCUT2D eigenvalue weighted by atomic mass is 10.3. The Hall–Kier alpha value is -1.95. The van der Waals surface area contributed by atoms with Crippen LogP contribution in [0.3, 0.4) is 0 Å². The Bertz CT molecular complexity index is 572. The average Bonchev–Trinajstić information content (AvgIpc) is 2.98. The molecule has 112 valence electrons. The Morgan fingerprint density at radius 1 is 1.48 bits per heavy atom. The third-order valence-electron chi connectivity index (χ3n) is 2.85. The summed E-state index contributed by atoms with van der Waals surface area (Å²) in [5.74, 6) is 3.30. The van der Waals surface area contributed by atoms with E-state index in [0.717, 1.165) is 22.8 Å². The maximum Gasteiger partial charge on any atom is 0.323 e. The second-order valence-electron chi connectivity index (χ2n) is 4.55. The average molecular weight is 305 g/mol. The minimum Gasteiger partial charge on any atom is -0.467 e. The van der Waals surface area contributed by atoms with E-state index in [-0.39, 0.29) is 6.03 Å². The first-order chi connectivity index (χ1) is 10.2. The smallest absolute Gasteiger partial charge is 0.323 e. The molecule has 21 heavy (non-hydrogen) atoms. The van der Waals surface area contributed by atoms with Crippen LogP contribution >= 0.6 is 11.8 Å². The summed E-state index contributed by atoms with van der Waals surface area (Å²) in [6.07, 6.45) is 3.31. The van der Waals surface area contributed by atoms with Gasteiger partial charge in [0.2, 0.25) is 0 Å². The Balaban J connectivity index is 1.92. The zero-order chi connectivity index (χ0) is 15.1. The highest BCUT2D eigenvalue weighted by molar-refractivity contribution is 7.98. The van der Waals surface area contributed by atoms with Crippen LogP contribution in [0.4, 0.5) is 10.6 Å². The summed E-state index contributed by atoms with van der Waals surface area (Å²) in [6.45, 7) is 2.54. The maximum absolute atomic E-state index is 12.1. The van der Waals surface area contributed by atoms with Gasteiger partial charge < -0.3 is 9.32 Å². The van der Waals surface area contributed by atoms with Crippen LogP contribution in [0.15, 0.2) is 41.1 Å². The lowest BCUT2D eigenvalue weighted by Gasteiger charge is -2.16. The highest BCUT2D eigenvalue weighted by Crippen LogP contribution is 2.14. The lowest BCUT2D eigenvalue weighted by molar-refractivity contribution is 0.216. The Kier molecular flexibility index (Phi) is 5.68. The second-order valence-corrected chi connectivity index (χ2v) is 5.83. The van der Waals surface area contributed by atoms with Crippen molar-refractivity contribution in [3.63, 3.8) is 0 Å². The minimum absolute atomic E-state index is 0.209. The number of furan rings is 1. The first-order valence-electron chi connectivity index (χ1n) is 6.76. The third-order valence-corrected chi connectivity index (χ3v) is 3.80. The molecule has 0 spiro atoms. The number of rotatable bonds is 6. The summed E-state index contributed by atoms with van der Waals surface area (Å²) < 4.78 is 5.23. The Morgan fingerprint density at radius 2 is 2.33 bits per heavy atom. The van der Waals surface area contributed by atoms with E-state index in [1.807, 2.05) is 30.0 Å². The molecule has 0 aliphatic rings. The monoisotopic (exact) mass is 305 g/mol. The lowest BCUT2D eigenvalue weighted by Crippen LogP contribution is -2.31. The number of hydrogen-bond acceptors (Lipinski definition) is 4. The molecule has 2 aromatic heterocycles. The summed E-state index contributed by atoms with van der Waals surface area (Å²) in [6, 6.07) is 7.30. The van der Waals surface area contributed by atoms with Crippen LogP contribution < -0.4 is 5.32 Å². The molecular weight excluding hydrogens is 286 g/mol. The van der Waals surface area contributed by atoms with Crippen molar-refractivity contribution < 1.29 is 9.21 Å². The van der Waals surface area contributed by atoms with Crippen LogP contribution in [-0.2, 0) is 12.3 Å². The quantitative estimate of drug-likeness (QED) is 0.886. The molecule has 2 rings (SSSR count). The van der Waals surface area contributed by atoms with Gasteiger partial charge in [-0.25, -0.2) is 9.78 Å². The van der Waals surface area contributed by atoms with E-state index in [9.17, 15) is 4.79 Å². The number of aromatic nitrogens is 1. The van der Waals surface area contributed by atoms with E-state index in [2.05, 4.69) is 17.2 Å². The van der Waals surface area contributed by atoms with Crippen LogP contribution in [0, 0.1) is 0 Å². The fourth-order valence-corrected chi connectivity index (χ4v) is 2.38. The first-order valence-corrected chi connectivity index (χ1v) is 7.91. The van der Waals surface area contributed by atoms with Crippen LogP contribution in [0.2, 0.25) is 0 Å². The fourth-order valence-electron chi connectivity index (χ4n) is 1.77. The predicted octanol–water partition coefficient (Wildman–Crippen LogP) is 3.59. The molecule has 0 radical (unpaired) electrons. The van der Waals surface area contributed by atoms with Crippen molar-refractivity contribution in [1.82, 2.24) is 9.88 Å². The third kappa shape index (κ3) is 4.82. The van der Waals surface area contributed by atoms with Gasteiger partial charge in [-0.2, -0.15) is 11.8 Å². The number of carbonyl (C=O) groups is 1. The van der Waals surface area contributed by atoms with Gasteiger partial charge in [0.25, 0.3) is 0 Å². The van der Waals surface area contributed by atoms with Crippen molar-refractivity contribution in [2.45, 2.75) is 19.2 Å². The van der Waals surface area contributed by atoms with Gasteiger partial charge in [-0.05, 0) is 35.6 Å². The molecule has 0 atom stereocenters. The molecule has 0 unspecified atom stereocenters. The van der Waals surface area contributed by atoms with Gasteiger partial charge in [0.15, 0.2) is 0 Å². The van der Waals surface area contributed by atoms with E-state index >= 15 is 0 Å². The molecule has 1 N–H and O–H groups in total. The summed E-state index contributed by atoms with van der Waals surface area (Å²) >= 11 is 1.83.